The lowest BCUT2D eigenvalue weighted by Crippen LogP contribution is -2.27. The third-order valence-corrected chi connectivity index (χ3v) is 2.38. The molecule has 1 aliphatic rings. The van der Waals surface area contributed by atoms with Crippen LogP contribution in [0.2, 0.25) is 0 Å². The van der Waals surface area contributed by atoms with E-state index in [1.165, 1.54) is 39.0 Å². The van der Waals surface area contributed by atoms with E-state index >= 15 is 0 Å². The standard InChI is InChI=1S/C10H19NO2/c1-9(12)11-7-8-13-10-5-3-2-4-6-10/h10H,2-8H2,1H3,(H,11,12). The zero-order valence-electron chi connectivity index (χ0n) is 8.34. The van der Waals surface area contributed by atoms with E-state index in [2.05, 4.69) is 5.32 Å². The minimum Gasteiger partial charge on any atom is -0.376 e. The molecule has 0 aromatic heterocycles. The fraction of sp³-hybridized carbons (Fsp3) is 0.900. The maximum atomic E-state index is 10.5. The summed E-state index contributed by atoms with van der Waals surface area (Å²) in [5.74, 6) is 0.0206. The van der Waals surface area contributed by atoms with Gasteiger partial charge in [0.1, 0.15) is 0 Å². The summed E-state index contributed by atoms with van der Waals surface area (Å²) < 4.78 is 5.62. The highest BCUT2D eigenvalue weighted by atomic mass is 16.5. The Balaban J connectivity index is 1.95. The Morgan fingerprint density at radius 1 is 1.38 bits per heavy atom. The molecule has 0 unspecified atom stereocenters. The number of carbonyl (C=O) groups is 1. The fourth-order valence-electron chi connectivity index (χ4n) is 1.68. The number of ether oxygens (including phenoxy) is 1. The number of nitrogens with one attached hydrogen (secondary N) is 1. The Labute approximate surface area is 79.8 Å². The van der Waals surface area contributed by atoms with E-state index in [9.17, 15) is 4.79 Å². The lowest BCUT2D eigenvalue weighted by molar-refractivity contribution is -0.119. The smallest absolute Gasteiger partial charge is 0.216 e. The van der Waals surface area contributed by atoms with E-state index in [1.54, 1.807) is 0 Å². The van der Waals surface area contributed by atoms with Crippen LogP contribution in [0.15, 0.2) is 0 Å². The van der Waals surface area contributed by atoms with Crippen LogP contribution < -0.4 is 5.32 Å². The number of carbonyl (C=O) groups excluding carboxylic acids is 1. The first kappa shape index (κ1) is 10.5. The van der Waals surface area contributed by atoms with E-state index in [1.807, 2.05) is 0 Å². The van der Waals surface area contributed by atoms with Gasteiger partial charge >= 0.3 is 0 Å². The van der Waals surface area contributed by atoms with Gasteiger partial charge in [-0.15, -0.1) is 0 Å². The van der Waals surface area contributed by atoms with E-state index in [4.69, 9.17) is 4.74 Å². The van der Waals surface area contributed by atoms with Gasteiger partial charge in [0.15, 0.2) is 0 Å². The molecule has 0 saturated heterocycles. The summed E-state index contributed by atoms with van der Waals surface area (Å²) in [5.41, 5.74) is 0. The molecular weight excluding hydrogens is 166 g/mol. The average Bonchev–Trinajstić information content (AvgIpc) is 2.14. The van der Waals surface area contributed by atoms with Gasteiger partial charge in [0.05, 0.1) is 12.7 Å². The second kappa shape index (κ2) is 5.97. The topological polar surface area (TPSA) is 38.3 Å². The highest BCUT2D eigenvalue weighted by molar-refractivity contribution is 5.72. The number of hydrogen-bond donors (Lipinski definition) is 1. The first-order chi connectivity index (χ1) is 6.29. The molecule has 1 aliphatic carbocycles. The summed E-state index contributed by atoms with van der Waals surface area (Å²) >= 11 is 0. The minimum atomic E-state index is 0.0206. The molecule has 0 atom stereocenters. The first-order valence-corrected chi connectivity index (χ1v) is 5.15. The van der Waals surface area contributed by atoms with E-state index < -0.39 is 0 Å². The lowest BCUT2D eigenvalue weighted by atomic mass is 9.98. The van der Waals surface area contributed by atoms with Crippen molar-refractivity contribution in [3.8, 4) is 0 Å². The molecule has 1 rings (SSSR count). The maximum absolute atomic E-state index is 10.5. The Kier molecular flexibility index (Phi) is 4.83. The normalized spacial score (nSPS) is 18.5. The van der Waals surface area contributed by atoms with Crippen molar-refractivity contribution in [3.05, 3.63) is 0 Å². The minimum absolute atomic E-state index is 0.0206. The molecule has 0 radical (unpaired) electrons. The summed E-state index contributed by atoms with van der Waals surface area (Å²) in [6, 6.07) is 0. The Morgan fingerprint density at radius 2 is 2.08 bits per heavy atom. The Hall–Kier alpha value is -0.570. The van der Waals surface area contributed by atoms with Crippen LogP contribution in [0.25, 0.3) is 0 Å². The van der Waals surface area contributed by atoms with Gasteiger partial charge in [0, 0.05) is 13.5 Å². The van der Waals surface area contributed by atoms with E-state index in [0.29, 0.717) is 19.3 Å². The molecule has 1 saturated carbocycles. The highest BCUT2D eigenvalue weighted by Crippen LogP contribution is 2.19. The SMILES string of the molecule is CC(=O)NCCOC1CCCCC1. The lowest BCUT2D eigenvalue weighted by Gasteiger charge is -2.21. The average molecular weight is 185 g/mol. The Bertz CT molecular complexity index is 153. The molecule has 76 valence electrons. The van der Waals surface area contributed by atoms with Crippen LogP contribution in [0.5, 0.6) is 0 Å². The molecule has 3 nitrogen and oxygen atoms in total. The molecule has 0 bridgehead atoms. The Morgan fingerprint density at radius 3 is 2.69 bits per heavy atom. The monoisotopic (exact) mass is 185 g/mol. The molecule has 1 N–H and O–H groups in total. The largest absolute Gasteiger partial charge is 0.376 e. The summed E-state index contributed by atoms with van der Waals surface area (Å²) in [5, 5.41) is 2.72. The maximum Gasteiger partial charge on any atom is 0.216 e. The predicted molar refractivity (Wildman–Crippen MR) is 51.5 cm³/mol. The molecule has 1 amide bonds. The van der Waals surface area contributed by atoms with Crippen LogP contribution in [0, 0.1) is 0 Å². The molecule has 1 fully saturated rings. The van der Waals surface area contributed by atoms with Gasteiger partial charge in [0.25, 0.3) is 0 Å². The van der Waals surface area contributed by atoms with Crippen LogP contribution in [0.3, 0.4) is 0 Å². The van der Waals surface area contributed by atoms with Gasteiger partial charge < -0.3 is 10.1 Å². The van der Waals surface area contributed by atoms with E-state index in [-0.39, 0.29) is 5.91 Å². The van der Waals surface area contributed by atoms with Crippen LogP contribution in [-0.2, 0) is 9.53 Å². The van der Waals surface area contributed by atoms with Gasteiger partial charge in [-0.3, -0.25) is 4.79 Å². The van der Waals surface area contributed by atoms with Crippen molar-refractivity contribution < 1.29 is 9.53 Å². The van der Waals surface area contributed by atoms with Crippen LogP contribution >= 0.6 is 0 Å². The molecule has 3 heteroatoms. The van der Waals surface area contributed by atoms with Crippen LogP contribution in [-0.4, -0.2) is 25.2 Å². The summed E-state index contributed by atoms with van der Waals surface area (Å²) in [6.07, 6.45) is 6.78. The highest BCUT2D eigenvalue weighted by Gasteiger charge is 2.12. The van der Waals surface area contributed by atoms with Gasteiger partial charge in [-0.05, 0) is 12.8 Å². The molecular formula is C10H19NO2. The van der Waals surface area contributed by atoms with Crippen molar-refractivity contribution in [2.24, 2.45) is 0 Å². The predicted octanol–water partition coefficient (Wildman–Crippen LogP) is 1.47. The first-order valence-electron chi connectivity index (χ1n) is 5.15. The second-order valence-corrected chi connectivity index (χ2v) is 3.61. The van der Waals surface area contributed by atoms with Crippen LogP contribution in [0.4, 0.5) is 0 Å². The summed E-state index contributed by atoms with van der Waals surface area (Å²) in [7, 11) is 0. The quantitative estimate of drug-likeness (QED) is 0.674. The van der Waals surface area contributed by atoms with Gasteiger partial charge in [-0.1, -0.05) is 19.3 Å². The third-order valence-electron chi connectivity index (χ3n) is 2.38. The molecule has 0 aliphatic heterocycles. The summed E-state index contributed by atoms with van der Waals surface area (Å²) in [4.78, 5) is 10.5. The second-order valence-electron chi connectivity index (χ2n) is 3.61. The molecule has 13 heavy (non-hydrogen) atoms. The van der Waals surface area contributed by atoms with Crippen LogP contribution in [0.1, 0.15) is 39.0 Å². The zero-order valence-corrected chi connectivity index (χ0v) is 8.34. The van der Waals surface area contributed by atoms with E-state index in [0.717, 1.165) is 0 Å². The zero-order chi connectivity index (χ0) is 9.52. The van der Waals surface area contributed by atoms with Crippen molar-refractivity contribution >= 4 is 5.91 Å². The fourth-order valence-corrected chi connectivity index (χ4v) is 1.68. The van der Waals surface area contributed by atoms with Gasteiger partial charge in [-0.25, -0.2) is 0 Å². The van der Waals surface area contributed by atoms with Crippen molar-refractivity contribution in [1.82, 2.24) is 5.32 Å². The molecule has 0 aromatic rings. The van der Waals surface area contributed by atoms with Gasteiger partial charge in [0.2, 0.25) is 5.91 Å². The van der Waals surface area contributed by atoms with Crippen molar-refractivity contribution in [1.29, 1.82) is 0 Å². The van der Waals surface area contributed by atoms with Gasteiger partial charge in [-0.2, -0.15) is 0 Å². The number of hydrogen-bond acceptors (Lipinski definition) is 2. The molecule has 0 aromatic carbocycles. The van der Waals surface area contributed by atoms with Crippen molar-refractivity contribution in [2.45, 2.75) is 45.1 Å². The van der Waals surface area contributed by atoms with Crippen molar-refractivity contribution in [2.75, 3.05) is 13.2 Å². The molecule has 0 heterocycles. The number of rotatable bonds is 4. The summed E-state index contributed by atoms with van der Waals surface area (Å²) in [6.45, 7) is 2.83. The third kappa shape index (κ3) is 4.88. The number of amides is 1. The van der Waals surface area contributed by atoms with Crippen molar-refractivity contribution in [3.63, 3.8) is 0 Å². The molecule has 0 spiro atoms.